The van der Waals surface area contributed by atoms with Gasteiger partial charge >= 0.3 is 0 Å². The lowest BCUT2D eigenvalue weighted by molar-refractivity contribution is 0.0707. The van der Waals surface area contributed by atoms with Crippen LogP contribution in [-0.2, 0) is 7.05 Å². The summed E-state index contributed by atoms with van der Waals surface area (Å²) < 4.78 is 2.09. The quantitative estimate of drug-likeness (QED) is 0.855. The first-order valence-corrected chi connectivity index (χ1v) is 8.50. The summed E-state index contributed by atoms with van der Waals surface area (Å²) in [5.74, 6) is 1.54. The summed E-state index contributed by atoms with van der Waals surface area (Å²) in [6, 6.07) is 0. The molecule has 1 amide bonds. The number of aromatic nitrogens is 3. The molecule has 3 rings (SSSR count). The van der Waals surface area contributed by atoms with Crippen molar-refractivity contribution in [1.82, 2.24) is 19.4 Å². The minimum atomic E-state index is 0.124. The van der Waals surface area contributed by atoms with Crippen LogP contribution in [0.4, 0.5) is 0 Å². The van der Waals surface area contributed by atoms with Crippen LogP contribution in [0.3, 0.4) is 0 Å². The Morgan fingerprint density at radius 3 is 2.68 bits per heavy atom. The van der Waals surface area contributed by atoms with Gasteiger partial charge in [-0.2, -0.15) is 0 Å². The number of hydrogen-bond acceptors (Lipinski definition) is 4. The molecule has 5 nitrogen and oxygen atoms in total. The van der Waals surface area contributed by atoms with E-state index in [1.54, 1.807) is 0 Å². The van der Waals surface area contributed by atoms with Crippen LogP contribution >= 0.6 is 11.3 Å². The van der Waals surface area contributed by atoms with Crippen LogP contribution in [0.1, 0.15) is 50.7 Å². The second kappa shape index (κ2) is 5.83. The largest absolute Gasteiger partial charge is 0.337 e. The van der Waals surface area contributed by atoms with Gasteiger partial charge < -0.3 is 9.47 Å². The molecular weight excluding hydrogens is 296 g/mol. The van der Waals surface area contributed by atoms with E-state index in [1.165, 1.54) is 11.3 Å². The molecule has 22 heavy (non-hydrogen) atoms. The molecule has 0 aromatic carbocycles. The Morgan fingerprint density at radius 2 is 2.09 bits per heavy atom. The minimum Gasteiger partial charge on any atom is -0.337 e. The summed E-state index contributed by atoms with van der Waals surface area (Å²) in [5, 5.41) is 0.953. The molecule has 0 N–H and O–H groups in total. The van der Waals surface area contributed by atoms with Gasteiger partial charge in [0.1, 0.15) is 10.7 Å². The van der Waals surface area contributed by atoms with E-state index in [4.69, 9.17) is 0 Å². The van der Waals surface area contributed by atoms with Crippen LogP contribution in [0, 0.1) is 20.8 Å². The molecule has 1 aliphatic rings. The lowest BCUT2D eigenvalue weighted by Gasteiger charge is -2.32. The molecule has 0 bridgehead atoms. The number of carbonyl (C=O) groups is 1. The van der Waals surface area contributed by atoms with Gasteiger partial charge in [0.25, 0.3) is 5.91 Å². The van der Waals surface area contributed by atoms with Gasteiger partial charge in [-0.25, -0.2) is 9.97 Å². The highest BCUT2D eigenvalue weighted by molar-refractivity contribution is 7.13. The standard InChI is InChI=1S/C16H22N4OS/c1-10-8-19(4)15(17-10)13-6-5-7-20(9-13)16(21)14-11(2)18-12(3)22-14/h8,13H,5-7,9H2,1-4H3/t13-/m1/s1. The highest BCUT2D eigenvalue weighted by atomic mass is 32.1. The summed E-state index contributed by atoms with van der Waals surface area (Å²) >= 11 is 1.50. The van der Waals surface area contributed by atoms with E-state index in [0.29, 0.717) is 5.92 Å². The summed E-state index contributed by atoms with van der Waals surface area (Å²) in [4.78, 5) is 24.5. The van der Waals surface area contributed by atoms with Gasteiger partial charge in [0.2, 0.25) is 0 Å². The van der Waals surface area contributed by atoms with E-state index >= 15 is 0 Å². The monoisotopic (exact) mass is 318 g/mol. The van der Waals surface area contributed by atoms with Crippen molar-refractivity contribution in [3.63, 3.8) is 0 Å². The Balaban J connectivity index is 1.80. The topological polar surface area (TPSA) is 51.0 Å². The smallest absolute Gasteiger partial charge is 0.265 e. The van der Waals surface area contributed by atoms with Crippen molar-refractivity contribution < 1.29 is 4.79 Å². The number of nitrogens with zero attached hydrogens (tertiary/aromatic N) is 4. The molecule has 1 saturated heterocycles. The van der Waals surface area contributed by atoms with Crippen LogP contribution in [0.5, 0.6) is 0 Å². The predicted molar refractivity (Wildman–Crippen MR) is 87.4 cm³/mol. The second-order valence-corrected chi connectivity index (χ2v) is 7.29. The first-order valence-electron chi connectivity index (χ1n) is 7.69. The predicted octanol–water partition coefficient (Wildman–Crippen LogP) is 2.82. The van der Waals surface area contributed by atoms with E-state index in [2.05, 4.69) is 14.5 Å². The highest BCUT2D eigenvalue weighted by Gasteiger charge is 2.29. The molecule has 1 fully saturated rings. The molecule has 0 spiro atoms. The molecular formula is C16H22N4OS. The van der Waals surface area contributed by atoms with E-state index in [0.717, 1.165) is 53.0 Å². The Bertz CT molecular complexity index is 703. The van der Waals surface area contributed by atoms with E-state index in [9.17, 15) is 4.79 Å². The number of amides is 1. The molecule has 0 unspecified atom stereocenters. The summed E-state index contributed by atoms with van der Waals surface area (Å²) in [5.41, 5.74) is 1.89. The van der Waals surface area contributed by atoms with Gasteiger partial charge in [0.05, 0.1) is 16.4 Å². The number of aryl methyl sites for hydroxylation is 4. The first kappa shape index (κ1) is 15.2. The average molecular weight is 318 g/mol. The maximum Gasteiger partial charge on any atom is 0.265 e. The Morgan fingerprint density at radius 1 is 1.32 bits per heavy atom. The number of likely N-dealkylation sites (tertiary alicyclic amines) is 1. The minimum absolute atomic E-state index is 0.124. The van der Waals surface area contributed by atoms with Gasteiger partial charge in [-0.05, 0) is 33.6 Å². The van der Waals surface area contributed by atoms with Gasteiger partial charge in [-0.3, -0.25) is 4.79 Å². The Labute approximate surface area is 135 Å². The average Bonchev–Trinajstić information content (AvgIpc) is 2.99. The Kier molecular flexibility index (Phi) is 4.04. The van der Waals surface area contributed by atoms with Crippen molar-refractivity contribution in [2.45, 2.75) is 39.5 Å². The van der Waals surface area contributed by atoms with Crippen LogP contribution in [0.25, 0.3) is 0 Å². The van der Waals surface area contributed by atoms with E-state index < -0.39 is 0 Å². The molecule has 0 aliphatic carbocycles. The Hall–Kier alpha value is -1.69. The van der Waals surface area contributed by atoms with Gasteiger partial charge in [-0.15, -0.1) is 11.3 Å². The third-order valence-corrected chi connectivity index (χ3v) is 5.27. The SMILES string of the molecule is Cc1cn(C)c([C@@H]2CCCN(C(=O)c3sc(C)nc3C)C2)n1. The fraction of sp³-hybridized carbons (Fsp3) is 0.562. The van der Waals surface area contributed by atoms with Crippen LogP contribution in [0.2, 0.25) is 0 Å². The van der Waals surface area contributed by atoms with Crippen molar-refractivity contribution >= 4 is 17.2 Å². The number of thiazole rings is 1. The molecule has 1 atom stereocenters. The van der Waals surface area contributed by atoms with E-state index in [-0.39, 0.29) is 5.91 Å². The lowest BCUT2D eigenvalue weighted by atomic mass is 9.97. The normalized spacial score (nSPS) is 18.7. The molecule has 2 aromatic rings. The van der Waals surface area contributed by atoms with Crippen LogP contribution in [0.15, 0.2) is 6.20 Å². The first-order chi connectivity index (χ1) is 10.5. The molecule has 118 valence electrons. The number of hydrogen-bond donors (Lipinski definition) is 0. The zero-order valence-electron chi connectivity index (χ0n) is 13.6. The molecule has 0 saturated carbocycles. The van der Waals surface area contributed by atoms with Gasteiger partial charge in [0.15, 0.2) is 0 Å². The number of rotatable bonds is 2. The summed E-state index contributed by atoms with van der Waals surface area (Å²) in [6.45, 7) is 7.46. The number of piperidine rings is 1. The molecule has 1 aliphatic heterocycles. The zero-order valence-corrected chi connectivity index (χ0v) is 14.4. The lowest BCUT2D eigenvalue weighted by Crippen LogP contribution is -2.39. The van der Waals surface area contributed by atoms with Crippen molar-refractivity contribution in [1.29, 1.82) is 0 Å². The maximum atomic E-state index is 12.8. The number of imidazole rings is 1. The molecule has 2 aromatic heterocycles. The van der Waals surface area contributed by atoms with Gasteiger partial charge in [0, 0.05) is 32.3 Å². The van der Waals surface area contributed by atoms with Crippen LogP contribution < -0.4 is 0 Å². The number of carbonyl (C=O) groups excluding carboxylic acids is 1. The molecule has 0 radical (unpaired) electrons. The maximum absolute atomic E-state index is 12.8. The fourth-order valence-electron chi connectivity index (χ4n) is 3.26. The van der Waals surface area contributed by atoms with Crippen molar-refractivity contribution in [3.8, 4) is 0 Å². The second-order valence-electron chi connectivity index (χ2n) is 6.09. The fourth-order valence-corrected chi connectivity index (χ4v) is 4.15. The summed E-state index contributed by atoms with van der Waals surface area (Å²) in [6.07, 6.45) is 4.17. The molecule has 6 heteroatoms. The van der Waals surface area contributed by atoms with Crippen molar-refractivity contribution in [2.24, 2.45) is 7.05 Å². The van der Waals surface area contributed by atoms with Gasteiger partial charge in [-0.1, -0.05) is 0 Å². The van der Waals surface area contributed by atoms with Crippen LogP contribution in [-0.4, -0.2) is 38.4 Å². The van der Waals surface area contributed by atoms with Crippen molar-refractivity contribution in [3.05, 3.63) is 33.3 Å². The third-order valence-electron chi connectivity index (χ3n) is 4.20. The van der Waals surface area contributed by atoms with E-state index in [1.807, 2.05) is 38.9 Å². The molecule has 3 heterocycles. The highest BCUT2D eigenvalue weighted by Crippen LogP contribution is 2.28. The summed E-state index contributed by atoms with van der Waals surface area (Å²) in [7, 11) is 2.03. The van der Waals surface area contributed by atoms with Crippen molar-refractivity contribution in [2.75, 3.05) is 13.1 Å². The third kappa shape index (κ3) is 2.79. The zero-order chi connectivity index (χ0) is 15.9.